The molecular weight excluding hydrogens is 294 g/mol. The van der Waals surface area contributed by atoms with Crippen molar-refractivity contribution in [1.29, 1.82) is 0 Å². The molecule has 0 aliphatic heterocycles. The van der Waals surface area contributed by atoms with E-state index in [4.69, 9.17) is 4.74 Å². The van der Waals surface area contributed by atoms with Crippen molar-refractivity contribution in [3.05, 3.63) is 35.9 Å². The molecule has 2 rings (SSSR count). The lowest BCUT2D eigenvalue weighted by Crippen LogP contribution is -2.49. The zero-order chi connectivity index (χ0) is 16.9. The van der Waals surface area contributed by atoms with Crippen LogP contribution in [0.25, 0.3) is 0 Å². The topological polar surface area (TPSA) is 75.6 Å². The second kappa shape index (κ2) is 7.13. The SMILES string of the molecule is CCC(CNC(=O)CC1(OC)CCC1)(C(=O)O)c1ccccc1. The minimum atomic E-state index is -1.10. The van der Waals surface area contributed by atoms with Gasteiger partial charge in [0.15, 0.2) is 0 Å². The number of benzene rings is 1. The molecule has 23 heavy (non-hydrogen) atoms. The number of ether oxygens (including phenoxy) is 1. The minimum absolute atomic E-state index is 0.0848. The van der Waals surface area contributed by atoms with Crippen molar-refractivity contribution in [3.8, 4) is 0 Å². The van der Waals surface area contributed by atoms with Crippen molar-refractivity contribution < 1.29 is 19.4 Å². The molecule has 1 aromatic carbocycles. The molecule has 1 aromatic rings. The fourth-order valence-corrected chi connectivity index (χ4v) is 3.17. The second-order valence-corrected chi connectivity index (χ2v) is 6.30. The fraction of sp³-hybridized carbons (Fsp3) is 0.556. The Balaban J connectivity index is 2.07. The Hall–Kier alpha value is -1.88. The van der Waals surface area contributed by atoms with Crippen LogP contribution in [0, 0.1) is 0 Å². The summed E-state index contributed by atoms with van der Waals surface area (Å²) in [5.74, 6) is -1.07. The van der Waals surface area contributed by atoms with Crippen LogP contribution in [-0.4, -0.2) is 36.2 Å². The molecule has 1 atom stereocenters. The first-order chi connectivity index (χ1) is 11.0. The van der Waals surface area contributed by atoms with E-state index >= 15 is 0 Å². The molecule has 0 bridgehead atoms. The molecule has 5 heteroatoms. The number of nitrogens with one attached hydrogen (secondary N) is 1. The van der Waals surface area contributed by atoms with Crippen LogP contribution >= 0.6 is 0 Å². The molecule has 2 N–H and O–H groups in total. The number of hydrogen-bond donors (Lipinski definition) is 2. The molecule has 1 aliphatic carbocycles. The summed E-state index contributed by atoms with van der Waals surface area (Å²) in [6, 6.07) is 9.08. The van der Waals surface area contributed by atoms with Gasteiger partial charge < -0.3 is 15.2 Å². The highest BCUT2D eigenvalue weighted by atomic mass is 16.5. The van der Waals surface area contributed by atoms with Crippen molar-refractivity contribution >= 4 is 11.9 Å². The summed E-state index contributed by atoms with van der Waals surface area (Å²) in [5.41, 5.74) is -0.744. The maximum atomic E-state index is 12.2. The van der Waals surface area contributed by atoms with E-state index in [1.807, 2.05) is 25.1 Å². The fourth-order valence-electron chi connectivity index (χ4n) is 3.17. The van der Waals surface area contributed by atoms with Crippen LogP contribution in [-0.2, 0) is 19.7 Å². The summed E-state index contributed by atoms with van der Waals surface area (Å²) < 4.78 is 5.46. The van der Waals surface area contributed by atoms with Gasteiger partial charge in [-0.05, 0) is 31.2 Å². The van der Waals surface area contributed by atoms with Crippen molar-refractivity contribution in [1.82, 2.24) is 5.32 Å². The molecule has 1 amide bonds. The Morgan fingerprint density at radius 3 is 2.39 bits per heavy atom. The van der Waals surface area contributed by atoms with Gasteiger partial charge in [0.05, 0.1) is 12.0 Å². The van der Waals surface area contributed by atoms with Gasteiger partial charge in [-0.1, -0.05) is 37.3 Å². The highest BCUT2D eigenvalue weighted by molar-refractivity contribution is 5.84. The number of carbonyl (C=O) groups is 2. The Morgan fingerprint density at radius 1 is 1.30 bits per heavy atom. The second-order valence-electron chi connectivity index (χ2n) is 6.30. The quantitative estimate of drug-likeness (QED) is 0.772. The lowest BCUT2D eigenvalue weighted by atomic mass is 9.76. The molecule has 0 radical (unpaired) electrons. The lowest BCUT2D eigenvalue weighted by Gasteiger charge is -2.40. The molecule has 0 spiro atoms. The highest BCUT2D eigenvalue weighted by Crippen LogP contribution is 2.38. The number of methoxy groups -OCH3 is 1. The Kier molecular flexibility index (Phi) is 5.42. The summed E-state index contributed by atoms with van der Waals surface area (Å²) in [6.45, 7) is 1.91. The monoisotopic (exact) mass is 319 g/mol. The zero-order valence-electron chi connectivity index (χ0n) is 13.8. The highest BCUT2D eigenvalue weighted by Gasteiger charge is 2.41. The number of carboxylic acids is 1. The number of aliphatic carboxylic acids is 1. The molecule has 1 aliphatic rings. The Morgan fingerprint density at radius 2 is 1.96 bits per heavy atom. The molecule has 1 fully saturated rings. The average molecular weight is 319 g/mol. The summed E-state index contributed by atoms with van der Waals surface area (Å²) >= 11 is 0. The molecule has 1 unspecified atom stereocenters. The maximum Gasteiger partial charge on any atom is 0.315 e. The predicted molar refractivity (Wildman–Crippen MR) is 87.3 cm³/mol. The molecule has 5 nitrogen and oxygen atoms in total. The zero-order valence-corrected chi connectivity index (χ0v) is 13.8. The molecule has 1 saturated carbocycles. The summed E-state index contributed by atoms with van der Waals surface area (Å²) in [4.78, 5) is 24.1. The standard InChI is InChI=1S/C18H25NO4/c1-3-18(16(21)22,14-8-5-4-6-9-14)13-19-15(20)12-17(23-2)10-7-11-17/h4-6,8-9H,3,7,10-13H2,1-2H3,(H,19,20)(H,21,22). The summed E-state index contributed by atoms with van der Waals surface area (Å²) in [6.07, 6.45) is 3.53. The number of amides is 1. The molecule has 0 aromatic heterocycles. The lowest BCUT2D eigenvalue weighted by molar-refractivity contribution is -0.144. The summed E-state index contributed by atoms with van der Waals surface area (Å²) in [5, 5.41) is 12.6. The van der Waals surface area contributed by atoms with E-state index in [9.17, 15) is 14.7 Å². The van der Waals surface area contributed by atoms with Crippen molar-refractivity contribution in [3.63, 3.8) is 0 Å². The first-order valence-corrected chi connectivity index (χ1v) is 8.09. The number of hydrogen-bond acceptors (Lipinski definition) is 3. The van der Waals surface area contributed by atoms with Gasteiger partial charge in [-0.2, -0.15) is 0 Å². The van der Waals surface area contributed by atoms with E-state index in [-0.39, 0.29) is 24.5 Å². The van der Waals surface area contributed by atoms with E-state index in [1.165, 1.54) is 0 Å². The normalized spacial score (nSPS) is 18.5. The van der Waals surface area contributed by atoms with Gasteiger partial charge in [0.1, 0.15) is 5.41 Å². The van der Waals surface area contributed by atoms with E-state index in [1.54, 1.807) is 19.2 Å². The van der Waals surface area contributed by atoms with Crippen molar-refractivity contribution in [2.45, 2.75) is 50.0 Å². The van der Waals surface area contributed by atoms with Gasteiger partial charge in [0, 0.05) is 13.7 Å². The minimum Gasteiger partial charge on any atom is -0.481 e. The first-order valence-electron chi connectivity index (χ1n) is 8.09. The van der Waals surface area contributed by atoms with E-state index in [0.717, 1.165) is 19.3 Å². The van der Waals surface area contributed by atoms with Crippen LogP contribution in [0.1, 0.15) is 44.6 Å². The van der Waals surface area contributed by atoms with Crippen molar-refractivity contribution in [2.24, 2.45) is 0 Å². The van der Waals surface area contributed by atoms with Gasteiger partial charge in [-0.3, -0.25) is 9.59 Å². The van der Waals surface area contributed by atoms with Crippen LogP contribution in [0.15, 0.2) is 30.3 Å². The first kappa shape index (κ1) is 17.5. The third kappa shape index (κ3) is 3.55. The van der Waals surface area contributed by atoms with E-state index in [2.05, 4.69) is 5.32 Å². The van der Waals surface area contributed by atoms with Crippen LogP contribution in [0.5, 0.6) is 0 Å². The smallest absolute Gasteiger partial charge is 0.315 e. The van der Waals surface area contributed by atoms with Crippen molar-refractivity contribution in [2.75, 3.05) is 13.7 Å². The number of carboxylic acid groups (broad SMARTS) is 1. The summed E-state index contributed by atoms with van der Waals surface area (Å²) in [7, 11) is 1.63. The largest absolute Gasteiger partial charge is 0.481 e. The Labute approximate surface area is 137 Å². The van der Waals surface area contributed by atoms with Crippen LogP contribution in [0.4, 0.5) is 0 Å². The number of carbonyl (C=O) groups excluding carboxylic acids is 1. The predicted octanol–water partition coefficient (Wildman–Crippen LogP) is 2.49. The van der Waals surface area contributed by atoms with E-state index in [0.29, 0.717) is 12.0 Å². The molecule has 0 saturated heterocycles. The van der Waals surface area contributed by atoms with Gasteiger partial charge in [-0.25, -0.2) is 0 Å². The van der Waals surface area contributed by atoms with Crippen LogP contribution in [0.3, 0.4) is 0 Å². The van der Waals surface area contributed by atoms with E-state index < -0.39 is 11.4 Å². The van der Waals surface area contributed by atoms with Crippen LogP contribution in [0.2, 0.25) is 0 Å². The third-order valence-corrected chi connectivity index (χ3v) is 5.11. The maximum absolute atomic E-state index is 12.2. The van der Waals surface area contributed by atoms with Gasteiger partial charge in [0.25, 0.3) is 0 Å². The molecule has 126 valence electrons. The van der Waals surface area contributed by atoms with Gasteiger partial charge >= 0.3 is 5.97 Å². The molecular formula is C18H25NO4. The molecule has 0 heterocycles. The van der Waals surface area contributed by atoms with Gasteiger partial charge in [0.2, 0.25) is 5.91 Å². The Bertz CT molecular complexity index is 548. The third-order valence-electron chi connectivity index (χ3n) is 5.11. The average Bonchev–Trinajstić information content (AvgIpc) is 2.52. The van der Waals surface area contributed by atoms with Crippen LogP contribution < -0.4 is 5.32 Å². The number of rotatable bonds is 8. The van der Waals surface area contributed by atoms with Gasteiger partial charge in [-0.15, -0.1) is 0 Å².